The average molecular weight is 477 g/mol. The van der Waals surface area contributed by atoms with Gasteiger partial charge in [-0.15, -0.1) is 17.5 Å². The fourth-order valence-electron chi connectivity index (χ4n) is 3.93. The number of nitrogens with zero attached hydrogens (tertiary/aromatic N) is 4. The maximum atomic E-state index is 13.6. The fourth-order valence-corrected chi connectivity index (χ4v) is 3.93. The molecule has 0 aliphatic heterocycles. The lowest BCUT2D eigenvalue weighted by Crippen LogP contribution is -2.30. The molecule has 8 heteroatoms. The van der Waals surface area contributed by atoms with Crippen LogP contribution in [0.5, 0.6) is 11.5 Å². The lowest BCUT2D eigenvalue weighted by molar-refractivity contribution is 0.395. The Bertz CT molecular complexity index is 1010. The van der Waals surface area contributed by atoms with E-state index in [1.807, 2.05) is 37.4 Å². The molecule has 180 valence electrons. The van der Waals surface area contributed by atoms with E-state index < -0.39 is 0 Å². The van der Waals surface area contributed by atoms with Crippen molar-refractivity contribution in [3.8, 4) is 22.9 Å². The van der Waals surface area contributed by atoms with Gasteiger partial charge in [-0.1, -0.05) is 38.8 Å². The predicted octanol–water partition coefficient (Wildman–Crippen LogP) is 6.21. The highest BCUT2D eigenvalue weighted by molar-refractivity contribution is 5.85. The van der Waals surface area contributed by atoms with Crippen LogP contribution in [-0.4, -0.2) is 35.5 Å². The number of rotatable bonds is 11. The van der Waals surface area contributed by atoms with Gasteiger partial charge in [0, 0.05) is 19.7 Å². The van der Waals surface area contributed by atoms with Gasteiger partial charge in [0.15, 0.2) is 5.82 Å². The summed E-state index contributed by atoms with van der Waals surface area (Å²) in [5.74, 6) is 2.54. The van der Waals surface area contributed by atoms with Crippen LogP contribution >= 0.6 is 12.4 Å². The molecule has 0 saturated carbocycles. The molecule has 0 spiro atoms. The number of hydrogen-bond donors (Lipinski definition) is 0. The van der Waals surface area contributed by atoms with Gasteiger partial charge in [0.25, 0.3) is 0 Å². The molecule has 3 aromatic rings. The largest absolute Gasteiger partial charge is 0.497 e. The third-order valence-electron chi connectivity index (χ3n) is 5.58. The third kappa shape index (κ3) is 6.16. The Balaban J connectivity index is 0.00000385. The second kappa shape index (κ2) is 12.4. The monoisotopic (exact) mass is 476 g/mol. The van der Waals surface area contributed by atoms with Gasteiger partial charge in [-0.3, -0.25) is 0 Å². The standard InChI is InChI=1S/C25H33FN4O2.ClH/c1-6-8-9-22(18-10-12-19(26)13-11-18)30(16-7-2)25-27-24(29(3)28-25)21-15-14-20(31-4)17-23(21)32-5;/h10-15,17,22H,6-9,16H2,1-5H3;1H. The summed E-state index contributed by atoms with van der Waals surface area (Å²) in [5.41, 5.74) is 1.92. The van der Waals surface area contributed by atoms with Gasteiger partial charge in [-0.05, 0) is 42.7 Å². The van der Waals surface area contributed by atoms with Crippen molar-refractivity contribution < 1.29 is 13.9 Å². The number of unbranched alkanes of at least 4 members (excludes halogenated alkanes) is 1. The number of halogens is 2. The SMILES string of the molecule is CCCCC(c1ccc(F)cc1)N(CCC)c1nc(-c2ccc(OC)cc2OC)n(C)n1.Cl. The van der Waals surface area contributed by atoms with Crippen molar-refractivity contribution in [1.82, 2.24) is 14.8 Å². The minimum Gasteiger partial charge on any atom is -0.497 e. The van der Waals surface area contributed by atoms with Gasteiger partial charge in [0.05, 0.1) is 25.8 Å². The van der Waals surface area contributed by atoms with Crippen molar-refractivity contribution in [3.05, 3.63) is 53.8 Å². The van der Waals surface area contributed by atoms with E-state index in [2.05, 4.69) is 18.7 Å². The van der Waals surface area contributed by atoms with Crippen LogP contribution in [0, 0.1) is 5.82 Å². The molecule has 0 N–H and O–H groups in total. The van der Waals surface area contributed by atoms with Crippen LogP contribution < -0.4 is 14.4 Å². The lowest BCUT2D eigenvalue weighted by atomic mass is 9.99. The first-order valence-corrected chi connectivity index (χ1v) is 11.2. The molecule has 1 unspecified atom stereocenters. The highest BCUT2D eigenvalue weighted by Crippen LogP contribution is 2.35. The predicted molar refractivity (Wildman–Crippen MR) is 133 cm³/mol. The van der Waals surface area contributed by atoms with Crippen molar-refractivity contribution in [2.75, 3.05) is 25.7 Å². The van der Waals surface area contributed by atoms with Crippen LogP contribution in [0.1, 0.15) is 51.1 Å². The second-order valence-corrected chi connectivity index (χ2v) is 7.83. The summed E-state index contributed by atoms with van der Waals surface area (Å²) >= 11 is 0. The van der Waals surface area contributed by atoms with E-state index in [1.54, 1.807) is 18.9 Å². The smallest absolute Gasteiger partial charge is 0.245 e. The van der Waals surface area contributed by atoms with Gasteiger partial charge in [-0.25, -0.2) is 9.07 Å². The zero-order valence-corrected chi connectivity index (χ0v) is 20.9. The average Bonchev–Trinajstić information content (AvgIpc) is 3.20. The summed E-state index contributed by atoms with van der Waals surface area (Å²) in [6.07, 6.45) is 4.04. The van der Waals surface area contributed by atoms with E-state index in [1.165, 1.54) is 12.1 Å². The second-order valence-electron chi connectivity index (χ2n) is 7.83. The van der Waals surface area contributed by atoms with E-state index in [0.29, 0.717) is 17.5 Å². The Morgan fingerprint density at radius 1 is 1.03 bits per heavy atom. The van der Waals surface area contributed by atoms with Gasteiger partial charge in [-0.2, -0.15) is 4.98 Å². The van der Waals surface area contributed by atoms with Crippen molar-refractivity contribution in [3.63, 3.8) is 0 Å². The van der Waals surface area contributed by atoms with Crippen molar-refractivity contribution in [1.29, 1.82) is 0 Å². The number of aromatic nitrogens is 3. The summed E-state index contributed by atoms with van der Waals surface area (Å²) in [4.78, 5) is 7.16. The van der Waals surface area contributed by atoms with Crippen molar-refractivity contribution >= 4 is 18.4 Å². The number of ether oxygens (including phenoxy) is 2. The zero-order valence-electron chi connectivity index (χ0n) is 20.0. The van der Waals surface area contributed by atoms with E-state index in [0.717, 1.165) is 49.1 Å². The maximum absolute atomic E-state index is 13.6. The summed E-state index contributed by atoms with van der Waals surface area (Å²) in [6, 6.07) is 12.5. The first-order valence-electron chi connectivity index (χ1n) is 11.2. The molecule has 0 bridgehead atoms. The highest BCUT2D eigenvalue weighted by atomic mass is 35.5. The number of anilines is 1. The molecule has 0 aliphatic rings. The van der Waals surface area contributed by atoms with Gasteiger partial charge >= 0.3 is 0 Å². The summed E-state index contributed by atoms with van der Waals surface area (Å²) < 4.78 is 26.3. The van der Waals surface area contributed by atoms with Crippen LogP contribution in [0.15, 0.2) is 42.5 Å². The Morgan fingerprint density at radius 3 is 2.36 bits per heavy atom. The first kappa shape index (κ1) is 26.5. The maximum Gasteiger partial charge on any atom is 0.245 e. The van der Waals surface area contributed by atoms with E-state index in [-0.39, 0.29) is 24.3 Å². The van der Waals surface area contributed by atoms with E-state index in [4.69, 9.17) is 19.6 Å². The molecule has 0 fully saturated rings. The lowest BCUT2D eigenvalue weighted by Gasteiger charge is -2.31. The normalized spacial score (nSPS) is 11.6. The molecule has 1 heterocycles. The fraction of sp³-hybridized carbons (Fsp3) is 0.440. The quantitative estimate of drug-likeness (QED) is 0.329. The molecule has 3 rings (SSSR count). The van der Waals surface area contributed by atoms with Crippen LogP contribution in [0.25, 0.3) is 11.4 Å². The number of methoxy groups -OCH3 is 2. The van der Waals surface area contributed by atoms with Crippen LogP contribution in [-0.2, 0) is 7.05 Å². The topological polar surface area (TPSA) is 52.4 Å². The molecule has 0 saturated heterocycles. The Labute approximate surface area is 202 Å². The molecule has 1 aromatic heterocycles. The van der Waals surface area contributed by atoms with Crippen molar-refractivity contribution in [2.24, 2.45) is 7.05 Å². The molecule has 2 aromatic carbocycles. The van der Waals surface area contributed by atoms with Gasteiger partial charge in [0.2, 0.25) is 5.95 Å². The van der Waals surface area contributed by atoms with E-state index in [9.17, 15) is 4.39 Å². The molecule has 0 aliphatic carbocycles. The molecular formula is C25H34ClFN4O2. The van der Waals surface area contributed by atoms with Gasteiger partial charge < -0.3 is 14.4 Å². The Kier molecular flexibility index (Phi) is 9.97. The summed E-state index contributed by atoms with van der Waals surface area (Å²) in [7, 11) is 5.15. The van der Waals surface area contributed by atoms with Crippen LogP contribution in [0.4, 0.5) is 10.3 Å². The number of benzene rings is 2. The minimum atomic E-state index is -0.227. The minimum absolute atomic E-state index is 0. The third-order valence-corrected chi connectivity index (χ3v) is 5.58. The number of aryl methyl sites for hydroxylation is 1. The Morgan fingerprint density at radius 2 is 1.76 bits per heavy atom. The summed E-state index contributed by atoms with van der Waals surface area (Å²) in [5, 5.41) is 4.77. The van der Waals surface area contributed by atoms with Crippen LogP contribution in [0.2, 0.25) is 0 Å². The van der Waals surface area contributed by atoms with Gasteiger partial charge in [0.1, 0.15) is 17.3 Å². The molecule has 6 nitrogen and oxygen atoms in total. The van der Waals surface area contributed by atoms with Crippen LogP contribution in [0.3, 0.4) is 0 Å². The zero-order chi connectivity index (χ0) is 23.1. The molecule has 1 atom stereocenters. The highest BCUT2D eigenvalue weighted by Gasteiger charge is 2.25. The molecular weight excluding hydrogens is 443 g/mol. The Hall–Kier alpha value is -2.80. The molecule has 0 radical (unpaired) electrons. The van der Waals surface area contributed by atoms with E-state index >= 15 is 0 Å². The number of hydrogen-bond acceptors (Lipinski definition) is 5. The first-order chi connectivity index (χ1) is 15.5. The molecule has 0 amide bonds. The molecule has 33 heavy (non-hydrogen) atoms. The van der Waals surface area contributed by atoms with Crippen molar-refractivity contribution in [2.45, 2.75) is 45.6 Å². The summed E-state index contributed by atoms with van der Waals surface area (Å²) in [6.45, 7) is 5.12.